The van der Waals surface area contributed by atoms with Crippen molar-refractivity contribution < 1.29 is 14.6 Å². The highest BCUT2D eigenvalue weighted by Gasteiger charge is 2.21. The molecular formula is C26H28N2O3. The van der Waals surface area contributed by atoms with Crippen molar-refractivity contribution in [2.24, 2.45) is 0 Å². The van der Waals surface area contributed by atoms with Crippen LogP contribution in [0.2, 0.25) is 0 Å². The number of nitrogens with zero attached hydrogens (tertiary/aromatic N) is 1. The third-order valence-electron chi connectivity index (χ3n) is 5.67. The summed E-state index contributed by atoms with van der Waals surface area (Å²) in [6, 6.07) is 22.2. The summed E-state index contributed by atoms with van der Waals surface area (Å²) in [5.74, 6) is -0.00307. The van der Waals surface area contributed by atoms with Crippen molar-refractivity contribution in [1.82, 2.24) is 9.88 Å². The van der Waals surface area contributed by atoms with E-state index in [2.05, 4.69) is 23.5 Å². The standard InChI is InChI=1S/C26H28N2O3/c1-27-16-8-17-28-23-14-5-4-12-21(23)22(25(28)26(29)30)13-7-18-31-24-15-6-10-19-9-2-3-11-20(19)24/h2-6,9-12,14-15,27H,7-8,13,16-18H2,1H3,(H,29,30). The molecule has 0 amide bonds. The first-order valence-electron chi connectivity index (χ1n) is 10.8. The van der Waals surface area contributed by atoms with Crippen LogP contribution in [-0.2, 0) is 13.0 Å². The van der Waals surface area contributed by atoms with Crippen molar-refractivity contribution in [1.29, 1.82) is 0 Å². The van der Waals surface area contributed by atoms with Crippen molar-refractivity contribution in [2.75, 3.05) is 20.2 Å². The second-order valence-electron chi connectivity index (χ2n) is 7.69. The molecule has 0 spiro atoms. The van der Waals surface area contributed by atoms with E-state index in [9.17, 15) is 9.90 Å². The lowest BCUT2D eigenvalue weighted by Crippen LogP contribution is -2.15. The summed E-state index contributed by atoms with van der Waals surface area (Å²) in [5.41, 5.74) is 2.29. The SMILES string of the molecule is CNCCCn1c(C(=O)O)c(CCCOc2cccc3ccccc23)c2ccccc21. The maximum absolute atomic E-state index is 12.2. The van der Waals surface area contributed by atoms with Crippen molar-refractivity contribution in [3.8, 4) is 5.75 Å². The lowest BCUT2D eigenvalue weighted by molar-refractivity contribution is 0.0684. The molecule has 3 aromatic carbocycles. The van der Waals surface area contributed by atoms with Crippen LogP contribution in [0.15, 0.2) is 66.7 Å². The van der Waals surface area contributed by atoms with Gasteiger partial charge < -0.3 is 19.7 Å². The Balaban J connectivity index is 1.54. The van der Waals surface area contributed by atoms with Crippen LogP contribution in [-0.4, -0.2) is 35.8 Å². The summed E-state index contributed by atoms with van der Waals surface area (Å²) in [6.45, 7) is 2.06. The Labute approximate surface area is 182 Å². The molecule has 0 aliphatic rings. The Bertz CT molecular complexity index is 1190. The van der Waals surface area contributed by atoms with E-state index >= 15 is 0 Å². The predicted molar refractivity (Wildman–Crippen MR) is 125 cm³/mol. The van der Waals surface area contributed by atoms with Crippen LogP contribution >= 0.6 is 0 Å². The van der Waals surface area contributed by atoms with Crippen LogP contribution in [0.25, 0.3) is 21.7 Å². The molecule has 0 radical (unpaired) electrons. The quantitative estimate of drug-likeness (QED) is 0.353. The summed E-state index contributed by atoms with van der Waals surface area (Å²) >= 11 is 0. The molecule has 160 valence electrons. The first kappa shape index (κ1) is 20.9. The van der Waals surface area contributed by atoms with Gasteiger partial charge in [-0.2, -0.15) is 0 Å². The summed E-state index contributed by atoms with van der Waals surface area (Å²) in [4.78, 5) is 12.2. The fourth-order valence-electron chi connectivity index (χ4n) is 4.27. The Hall–Kier alpha value is -3.31. The number of carboxylic acid groups (broad SMARTS) is 1. The number of aromatic nitrogens is 1. The minimum atomic E-state index is -0.870. The van der Waals surface area contributed by atoms with Crippen molar-refractivity contribution >= 4 is 27.6 Å². The molecule has 0 fully saturated rings. The lowest BCUT2D eigenvalue weighted by atomic mass is 10.1. The van der Waals surface area contributed by atoms with Gasteiger partial charge in [-0.25, -0.2) is 4.79 Å². The summed E-state index contributed by atoms with van der Waals surface area (Å²) < 4.78 is 8.03. The molecule has 2 N–H and O–H groups in total. The average Bonchev–Trinajstić information content (AvgIpc) is 3.11. The summed E-state index contributed by atoms with van der Waals surface area (Å²) in [6.07, 6.45) is 2.28. The number of hydrogen-bond donors (Lipinski definition) is 2. The number of rotatable bonds is 10. The molecular weight excluding hydrogens is 388 g/mol. The average molecular weight is 417 g/mol. The zero-order valence-corrected chi connectivity index (χ0v) is 17.8. The minimum Gasteiger partial charge on any atom is -0.493 e. The van der Waals surface area contributed by atoms with Gasteiger partial charge in [-0.15, -0.1) is 0 Å². The largest absolute Gasteiger partial charge is 0.493 e. The van der Waals surface area contributed by atoms with Gasteiger partial charge in [-0.1, -0.05) is 54.6 Å². The Kier molecular flexibility index (Phi) is 6.53. The molecule has 31 heavy (non-hydrogen) atoms. The van der Waals surface area contributed by atoms with E-state index < -0.39 is 5.97 Å². The molecule has 0 aliphatic heterocycles. The summed E-state index contributed by atoms with van der Waals surface area (Å²) in [5, 5.41) is 16.4. The summed E-state index contributed by atoms with van der Waals surface area (Å²) in [7, 11) is 1.91. The maximum atomic E-state index is 12.2. The van der Waals surface area contributed by atoms with E-state index in [1.54, 1.807) is 0 Å². The molecule has 0 bridgehead atoms. The molecule has 1 aromatic heterocycles. The number of nitrogens with one attached hydrogen (secondary N) is 1. The number of benzene rings is 3. The molecule has 5 heteroatoms. The zero-order chi connectivity index (χ0) is 21.6. The fourth-order valence-corrected chi connectivity index (χ4v) is 4.27. The molecule has 0 unspecified atom stereocenters. The van der Waals surface area contributed by atoms with E-state index in [0.29, 0.717) is 25.3 Å². The van der Waals surface area contributed by atoms with Gasteiger partial charge in [0.15, 0.2) is 0 Å². The number of carbonyl (C=O) groups is 1. The molecule has 1 heterocycles. The van der Waals surface area contributed by atoms with Gasteiger partial charge in [0.05, 0.1) is 6.61 Å². The monoisotopic (exact) mass is 416 g/mol. The zero-order valence-electron chi connectivity index (χ0n) is 17.8. The predicted octanol–water partition coefficient (Wildman–Crippen LogP) is 5.11. The van der Waals surface area contributed by atoms with Gasteiger partial charge in [-0.05, 0) is 55.9 Å². The highest BCUT2D eigenvalue weighted by atomic mass is 16.5. The number of hydrogen-bond acceptors (Lipinski definition) is 3. The van der Waals surface area contributed by atoms with Crippen LogP contribution in [0.5, 0.6) is 5.75 Å². The number of carboxylic acids is 1. The topological polar surface area (TPSA) is 63.5 Å². The molecule has 5 nitrogen and oxygen atoms in total. The normalized spacial score (nSPS) is 11.3. The van der Waals surface area contributed by atoms with E-state index in [0.717, 1.165) is 52.4 Å². The van der Waals surface area contributed by atoms with E-state index in [-0.39, 0.29) is 0 Å². The van der Waals surface area contributed by atoms with E-state index in [1.165, 1.54) is 0 Å². The van der Waals surface area contributed by atoms with Gasteiger partial charge in [0.25, 0.3) is 0 Å². The van der Waals surface area contributed by atoms with E-state index in [4.69, 9.17) is 4.74 Å². The minimum absolute atomic E-state index is 0.405. The van der Waals surface area contributed by atoms with Gasteiger partial charge in [0.1, 0.15) is 11.4 Å². The molecule has 0 saturated heterocycles. The van der Waals surface area contributed by atoms with Gasteiger partial charge in [0, 0.05) is 22.8 Å². The van der Waals surface area contributed by atoms with Crippen LogP contribution < -0.4 is 10.1 Å². The number of para-hydroxylation sites is 1. The highest BCUT2D eigenvalue weighted by Crippen LogP contribution is 2.29. The number of fused-ring (bicyclic) bond motifs is 2. The molecule has 0 aliphatic carbocycles. The van der Waals surface area contributed by atoms with Crippen molar-refractivity contribution in [3.05, 3.63) is 78.0 Å². The first-order valence-corrected chi connectivity index (χ1v) is 10.8. The van der Waals surface area contributed by atoms with Crippen molar-refractivity contribution in [3.63, 3.8) is 0 Å². The maximum Gasteiger partial charge on any atom is 0.352 e. The van der Waals surface area contributed by atoms with Crippen LogP contribution in [0.4, 0.5) is 0 Å². The Morgan fingerprint density at radius 1 is 0.968 bits per heavy atom. The van der Waals surface area contributed by atoms with Crippen molar-refractivity contribution in [2.45, 2.75) is 25.8 Å². The smallest absolute Gasteiger partial charge is 0.352 e. The lowest BCUT2D eigenvalue weighted by Gasteiger charge is -2.10. The van der Waals surface area contributed by atoms with Crippen LogP contribution in [0.3, 0.4) is 0 Å². The molecule has 0 saturated carbocycles. The molecule has 0 atom stereocenters. The van der Waals surface area contributed by atoms with Gasteiger partial charge >= 0.3 is 5.97 Å². The second-order valence-corrected chi connectivity index (χ2v) is 7.69. The second kappa shape index (κ2) is 9.67. The Morgan fingerprint density at radius 2 is 1.71 bits per heavy atom. The molecule has 4 aromatic rings. The highest BCUT2D eigenvalue weighted by molar-refractivity contribution is 5.98. The first-order chi connectivity index (χ1) is 15.2. The van der Waals surface area contributed by atoms with Crippen LogP contribution in [0, 0.1) is 0 Å². The molecule has 4 rings (SSSR count). The van der Waals surface area contributed by atoms with Crippen LogP contribution in [0.1, 0.15) is 28.9 Å². The number of ether oxygens (including phenoxy) is 1. The van der Waals surface area contributed by atoms with Gasteiger partial charge in [-0.3, -0.25) is 0 Å². The number of aryl methyl sites for hydroxylation is 2. The van der Waals surface area contributed by atoms with E-state index in [1.807, 2.05) is 60.1 Å². The number of aromatic carboxylic acids is 1. The fraction of sp³-hybridized carbons (Fsp3) is 0.269. The third kappa shape index (κ3) is 4.42. The third-order valence-corrected chi connectivity index (χ3v) is 5.67. The van der Waals surface area contributed by atoms with Gasteiger partial charge in [0.2, 0.25) is 0 Å². The Morgan fingerprint density at radius 3 is 2.52 bits per heavy atom.